The van der Waals surface area contributed by atoms with Crippen LogP contribution in [0.5, 0.6) is 0 Å². The molecule has 0 N–H and O–H groups in total. The molecule has 0 unspecified atom stereocenters. The van der Waals surface area contributed by atoms with Gasteiger partial charge in [-0.15, -0.1) is 0 Å². The number of carbonyl (C=O) groups excluding carboxylic acids is 3. The van der Waals surface area contributed by atoms with E-state index in [-0.39, 0.29) is 17.6 Å². The summed E-state index contributed by atoms with van der Waals surface area (Å²) in [4.78, 5) is 37.1. The molecule has 2 aliphatic heterocycles. The molecule has 114 valence electrons. The lowest BCUT2D eigenvalue weighted by Gasteiger charge is -2.48. The number of piperidine rings is 1. The first-order valence-corrected chi connectivity index (χ1v) is 6.75. The average Bonchev–Trinajstić information content (AvgIpc) is 2.51. The highest BCUT2D eigenvalue weighted by Crippen LogP contribution is 2.42. The molecular formula is C15H19NO5. The molecule has 3 atom stereocenters. The highest BCUT2D eigenvalue weighted by molar-refractivity contribution is 5.96. The fraction of sp³-hybridized carbons (Fsp3) is 0.533. The molecule has 6 nitrogen and oxygen atoms in total. The van der Waals surface area contributed by atoms with Crippen LogP contribution in [0.3, 0.4) is 0 Å². The van der Waals surface area contributed by atoms with Crippen molar-refractivity contribution < 1.29 is 23.9 Å². The van der Waals surface area contributed by atoms with Gasteiger partial charge in [-0.25, -0.2) is 9.59 Å². The van der Waals surface area contributed by atoms with Gasteiger partial charge in [0, 0.05) is 12.5 Å². The van der Waals surface area contributed by atoms with E-state index in [0.717, 1.165) is 0 Å². The van der Waals surface area contributed by atoms with Gasteiger partial charge in [-0.1, -0.05) is 12.7 Å². The molecule has 0 aromatic rings. The second-order valence-corrected chi connectivity index (χ2v) is 5.36. The normalized spacial score (nSPS) is 26.9. The summed E-state index contributed by atoms with van der Waals surface area (Å²) >= 11 is 0. The minimum atomic E-state index is -0.550. The second-order valence-electron chi connectivity index (χ2n) is 5.36. The van der Waals surface area contributed by atoms with Crippen LogP contribution in [0.2, 0.25) is 0 Å². The lowest BCUT2D eigenvalue weighted by molar-refractivity contribution is -0.137. The van der Waals surface area contributed by atoms with E-state index >= 15 is 0 Å². The third-order valence-corrected chi connectivity index (χ3v) is 4.17. The molecule has 0 spiro atoms. The quantitative estimate of drug-likeness (QED) is 0.579. The summed E-state index contributed by atoms with van der Waals surface area (Å²) < 4.78 is 9.58. The number of amides is 1. The van der Waals surface area contributed by atoms with Crippen LogP contribution in [-0.4, -0.2) is 49.6 Å². The van der Waals surface area contributed by atoms with Crippen molar-refractivity contribution >= 4 is 17.8 Å². The van der Waals surface area contributed by atoms with Gasteiger partial charge in [-0.2, -0.15) is 0 Å². The van der Waals surface area contributed by atoms with Crippen molar-refractivity contribution in [3.63, 3.8) is 0 Å². The number of fused-ring (bicyclic) bond motifs is 2. The van der Waals surface area contributed by atoms with Crippen LogP contribution < -0.4 is 0 Å². The number of hydrogen-bond donors (Lipinski definition) is 0. The van der Waals surface area contributed by atoms with Crippen LogP contribution in [0.15, 0.2) is 23.8 Å². The van der Waals surface area contributed by atoms with E-state index in [1.165, 1.54) is 26.0 Å². The number of methoxy groups -OCH3 is 2. The molecule has 0 saturated carbocycles. The van der Waals surface area contributed by atoms with E-state index in [0.29, 0.717) is 24.1 Å². The van der Waals surface area contributed by atoms with Gasteiger partial charge < -0.3 is 9.47 Å². The maximum absolute atomic E-state index is 12.0. The molecule has 1 aliphatic carbocycles. The smallest absolute Gasteiger partial charge is 0.410 e. The lowest BCUT2D eigenvalue weighted by atomic mass is 9.70. The highest BCUT2D eigenvalue weighted by Gasteiger charge is 2.48. The molecule has 1 amide bonds. The van der Waals surface area contributed by atoms with Gasteiger partial charge in [0.05, 0.1) is 25.8 Å². The minimum Gasteiger partial charge on any atom is -0.466 e. The highest BCUT2D eigenvalue weighted by atomic mass is 16.5. The summed E-state index contributed by atoms with van der Waals surface area (Å²) in [6.45, 7) is 5.74. The third kappa shape index (κ3) is 2.57. The van der Waals surface area contributed by atoms with E-state index in [1.54, 1.807) is 0 Å². The summed E-state index contributed by atoms with van der Waals surface area (Å²) in [6, 6.07) is -0.550. The van der Waals surface area contributed by atoms with Crippen molar-refractivity contribution in [2.24, 2.45) is 11.8 Å². The maximum Gasteiger partial charge on any atom is 0.410 e. The zero-order valence-corrected chi connectivity index (χ0v) is 12.4. The largest absolute Gasteiger partial charge is 0.466 e. The number of esters is 1. The third-order valence-electron chi connectivity index (χ3n) is 4.17. The Labute approximate surface area is 123 Å². The standard InChI is InChI=1S/C15H19NO5/c1-8(9(2)17)11-5-10-6-12(14(18)20-3)13(11)16(7-10)15(19)21-4/h6,10-11,13H,1,5,7H2,2-4H3/t10-,11+,13+/m0/s1. The van der Waals surface area contributed by atoms with Crippen molar-refractivity contribution in [2.45, 2.75) is 19.4 Å². The monoisotopic (exact) mass is 293 g/mol. The predicted molar refractivity (Wildman–Crippen MR) is 74.4 cm³/mol. The molecule has 2 bridgehead atoms. The van der Waals surface area contributed by atoms with Crippen LogP contribution >= 0.6 is 0 Å². The number of ether oxygens (including phenoxy) is 2. The van der Waals surface area contributed by atoms with Crippen LogP contribution in [-0.2, 0) is 19.1 Å². The Morgan fingerprint density at radius 1 is 1.29 bits per heavy atom. The van der Waals surface area contributed by atoms with E-state index in [4.69, 9.17) is 9.47 Å². The molecule has 2 heterocycles. The Balaban J connectivity index is 2.42. The first-order valence-electron chi connectivity index (χ1n) is 6.75. The van der Waals surface area contributed by atoms with Gasteiger partial charge in [0.1, 0.15) is 0 Å². The van der Waals surface area contributed by atoms with Gasteiger partial charge in [0.25, 0.3) is 0 Å². The Bertz CT molecular complexity index is 536. The zero-order valence-electron chi connectivity index (χ0n) is 12.4. The average molecular weight is 293 g/mol. The molecule has 3 aliphatic rings. The van der Waals surface area contributed by atoms with Gasteiger partial charge >= 0.3 is 12.1 Å². The molecule has 1 saturated heterocycles. The topological polar surface area (TPSA) is 72.9 Å². The number of ketones is 1. The summed E-state index contributed by atoms with van der Waals surface area (Å²) in [5.41, 5.74) is 0.825. The summed E-state index contributed by atoms with van der Waals surface area (Å²) in [7, 11) is 2.59. The van der Waals surface area contributed by atoms with Crippen LogP contribution in [0, 0.1) is 11.8 Å². The maximum atomic E-state index is 12.0. The lowest BCUT2D eigenvalue weighted by Crippen LogP contribution is -2.57. The molecule has 0 radical (unpaired) electrons. The van der Waals surface area contributed by atoms with E-state index in [2.05, 4.69) is 6.58 Å². The number of carbonyl (C=O) groups is 3. The van der Waals surface area contributed by atoms with E-state index < -0.39 is 18.1 Å². The van der Waals surface area contributed by atoms with E-state index in [1.807, 2.05) is 6.08 Å². The van der Waals surface area contributed by atoms with Crippen LogP contribution in [0.4, 0.5) is 4.79 Å². The van der Waals surface area contributed by atoms with Crippen molar-refractivity contribution in [2.75, 3.05) is 20.8 Å². The minimum absolute atomic E-state index is 0.00991. The fourth-order valence-electron chi connectivity index (χ4n) is 3.18. The Hall–Kier alpha value is -2.11. The Morgan fingerprint density at radius 2 is 1.95 bits per heavy atom. The summed E-state index contributed by atoms with van der Waals surface area (Å²) in [5.74, 6) is -0.912. The Kier molecular flexibility index (Phi) is 4.16. The molecular weight excluding hydrogens is 274 g/mol. The van der Waals surface area contributed by atoms with E-state index in [9.17, 15) is 14.4 Å². The first-order chi connectivity index (χ1) is 9.90. The predicted octanol–water partition coefficient (Wildman–Crippen LogP) is 1.32. The SMILES string of the molecule is C=C(C(C)=O)[C@H]1C[C@H]2C=C(C(=O)OC)[C@@H]1N(C(=O)OC)C2. The van der Waals surface area contributed by atoms with Crippen LogP contribution in [0.25, 0.3) is 0 Å². The summed E-state index contributed by atoms with van der Waals surface area (Å²) in [6.07, 6.45) is 2.01. The number of rotatable bonds is 3. The molecule has 0 aromatic heterocycles. The number of Topliss-reactive ketones (excluding diaryl/α,β-unsaturated/α-hetero) is 1. The van der Waals surface area contributed by atoms with Gasteiger partial charge in [0.15, 0.2) is 5.78 Å². The van der Waals surface area contributed by atoms with Crippen molar-refractivity contribution in [3.05, 3.63) is 23.8 Å². The van der Waals surface area contributed by atoms with Crippen molar-refractivity contribution in [3.8, 4) is 0 Å². The van der Waals surface area contributed by atoms with Crippen LogP contribution in [0.1, 0.15) is 13.3 Å². The zero-order chi connectivity index (χ0) is 15.7. The molecule has 6 heteroatoms. The van der Waals surface area contributed by atoms with Gasteiger partial charge in [-0.05, 0) is 24.8 Å². The number of hydrogen-bond acceptors (Lipinski definition) is 5. The second kappa shape index (κ2) is 5.71. The molecule has 21 heavy (non-hydrogen) atoms. The molecule has 3 rings (SSSR count). The first kappa shape index (κ1) is 15.3. The molecule has 1 fully saturated rings. The number of nitrogens with zero attached hydrogens (tertiary/aromatic N) is 1. The van der Waals surface area contributed by atoms with Crippen molar-refractivity contribution in [1.29, 1.82) is 0 Å². The molecule has 0 aromatic carbocycles. The van der Waals surface area contributed by atoms with Gasteiger partial charge in [-0.3, -0.25) is 9.69 Å². The Morgan fingerprint density at radius 3 is 2.48 bits per heavy atom. The summed E-state index contributed by atoms with van der Waals surface area (Å²) in [5, 5.41) is 0. The fourth-order valence-corrected chi connectivity index (χ4v) is 3.18. The van der Waals surface area contributed by atoms with Crippen molar-refractivity contribution in [1.82, 2.24) is 4.90 Å². The van der Waals surface area contributed by atoms with Gasteiger partial charge in [0.2, 0.25) is 0 Å².